The molecule has 0 spiro atoms. The first kappa shape index (κ1) is 14.6. The number of nitrogens with two attached hydrogens (primary N) is 1. The molecule has 0 amide bonds. The summed E-state index contributed by atoms with van der Waals surface area (Å²) in [5.41, 5.74) is 7.48. The van der Waals surface area contributed by atoms with E-state index in [4.69, 9.17) is 5.73 Å². The van der Waals surface area contributed by atoms with Gasteiger partial charge in [0.25, 0.3) is 0 Å². The summed E-state index contributed by atoms with van der Waals surface area (Å²) in [7, 11) is 0.179. The normalized spacial score (nSPS) is 20.6. The molecule has 0 aromatic heterocycles. The van der Waals surface area contributed by atoms with E-state index in [1.54, 1.807) is 18.2 Å². The molecular weight excluding hydrogens is 280 g/mol. The third-order valence-corrected chi connectivity index (χ3v) is 5.34. The van der Waals surface area contributed by atoms with Gasteiger partial charge in [0.2, 0.25) is 0 Å². The summed E-state index contributed by atoms with van der Waals surface area (Å²) in [5.74, 6) is -0.0986. The van der Waals surface area contributed by atoms with E-state index in [2.05, 4.69) is 4.74 Å². The summed E-state index contributed by atoms with van der Waals surface area (Å²) >= 11 is 0. The van der Waals surface area contributed by atoms with Gasteiger partial charge in [0.1, 0.15) is 0 Å². The van der Waals surface area contributed by atoms with Crippen LogP contribution in [0, 0.1) is 0 Å². The molecule has 0 saturated carbocycles. The number of nitrogen functional groups attached to an aromatic ring is 1. The number of sulfone groups is 1. The highest BCUT2D eigenvalue weighted by Gasteiger charge is 2.31. The van der Waals surface area contributed by atoms with Crippen molar-refractivity contribution in [2.24, 2.45) is 0 Å². The van der Waals surface area contributed by atoms with Crippen LogP contribution < -0.4 is 10.6 Å². The monoisotopic (exact) mass is 298 g/mol. The van der Waals surface area contributed by atoms with E-state index in [9.17, 15) is 13.2 Å². The second-order valence-corrected chi connectivity index (χ2v) is 7.16. The minimum atomic E-state index is -2.94. The van der Waals surface area contributed by atoms with Crippen molar-refractivity contribution in [2.45, 2.75) is 12.5 Å². The van der Waals surface area contributed by atoms with Gasteiger partial charge in [0.05, 0.1) is 35.6 Å². The fourth-order valence-electron chi connectivity index (χ4n) is 2.40. The molecule has 20 heavy (non-hydrogen) atoms. The topological polar surface area (TPSA) is 89.7 Å². The molecule has 1 aliphatic heterocycles. The number of esters is 1. The Morgan fingerprint density at radius 2 is 2.15 bits per heavy atom. The summed E-state index contributed by atoms with van der Waals surface area (Å²) in [4.78, 5) is 13.3. The van der Waals surface area contributed by atoms with Crippen LogP contribution in [0.3, 0.4) is 0 Å². The molecule has 1 aromatic rings. The van der Waals surface area contributed by atoms with E-state index in [1.807, 2.05) is 11.9 Å². The van der Waals surface area contributed by atoms with Crippen molar-refractivity contribution in [2.75, 3.05) is 36.3 Å². The highest BCUT2D eigenvalue weighted by Crippen LogP contribution is 2.28. The summed E-state index contributed by atoms with van der Waals surface area (Å²) in [6, 6.07) is 4.80. The zero-order chi connectivity index (χ0) is 14.9. The maximum Gasteiger partial charge on any atom is 0.337 e. The molecule has 1 heterocycles. The SMILES string of the molecule is COC(=O)c1ccc(N(C)C2CCS(=O)(=O)C2)c(N)c1. The van der Waals surface area contributed by atoms with Gasteiger partial charge in [-0.2, -0.15) is 0 Å². The molecule has 0 bridgehead atoms. The lowest BCUT2D eigenvalue weighted by atomic mass is 10.1. The van der Waals surface area contributed by atoms with Crippen molar-refractivity contribution in [1.29, 1.82) is 0 Å². The first-order chi connectivity index (χ1) is 9.34. The quantitative estimate of drug-likeness (QED) is 0.652. The van der Waals surface area contributed by atoms with Crippen LogP contribution in [0.1, 0.15) is 16.8 Å². The average molecular weight is 298 g/mol. The largest absolute Gasteiger partial charge is 0.465 e. The molecule has 7 heteroatoms. The van der Waals surface area contributed by atoms with Gasteiger partial charge in [-0.25, -0.2) is 13.2 Å². The maximum absolute atomic E-state index is 11.5. The number of hydrogen-bond acceptors (Lipinski definition) is 6. The van der Waals surface area contributed by atoms with Gasteiger partial charge in [0, 0.05) is 13.1 Å². The Labute approximate surface area is 118 Å². The number of nitrogens with zero attached hydrogens (tertiary/aromatic N) is 1. The van der Waals surface area contributed by atoms with E-state index in [0.717, 1.165) is 5.69 Å². The van der Waals surface area contributed by atoms with Crippen LogP contribution >= 0.6 is 0 Å². The molecule has 1 fully saturated rings. The lowest BCUT2D eigenvalue weighted by Crippen LogP contribution is -2.33. The number of carbonyl (C=O) groups excluding carboxylic acids is 1. The molecule has 2 rings (SSSR count). The fraction of sp³-hybridized carbons (Fsp3) is 0.462. The number of rotatable bonds is 3. The number of ether oxygens (including phenoxy) is 1. The van der Waals surface area contributed by atoms with Crippen molar-refractivity contribution < 1.29 is 17.9 Å². The van der Waals surface area contributed by atoms with Gasteiger partial charge in [-0.15, -0.1) is 0 Å². The lowest BCUT2D eigenvalue weighted by molar-refractivity contribution is 0.0601. The minimum Gasteiger partial charge on any atom is -0.465 e. The van der Waals surface area contributed by atoms with Crippen LogP contribution in [0.4, 0.5) is 11.4 Å². The van der Waals surface area contributed by atoms with Crippen LogP contribution in [-0.4, -0.2) is 46.1 Å². The third kappa shape index (κ3) is 2.87. The van der Waals surface area contributed by atoms with E-state index < -0.39 is 15.8 Å². The van der Waals surface area contributed by atoms with Gasteiger partial charge in [-0.05, 0) is 24.6 Å². The van der Waals surface area contributed by atoms with Crippen molar-refractivity contribution >= 4 is 27.2 Å². The Morgan fingerprint density at radius 1 is 1.45 bits per heavy atom. The molecule has 1 aromatic carbocycles. The molecule has 110 valence electrons. The van der Waals surface area contributed by atoms with Crippen molar-refractivity contribution in [1.82, 2.24) is 0 Å². The summed E-state index contributed by atoms with van der Waals surface area (Å²) in [5, 5.41) is 0. The predicted molar refractivity (Wildman–Crippen MR) is 77.7 cm³/mol. The summed E-state index contributed by atoms with van der Waals surface area (Å²) in [6.07, 6.45) is 0.594. The average Bonchev–Trinajstić information content (AvgIpc) is 2.77. The zero-order valence-electron chi connectivity index (χ0n) is 11.5. The van der Waals surface area contributed by atoms with Gasteiger partial charge < -0.3 is 15.4 Å². The van der Waals surface area contributed by atoms with E-state index in [-0.39, 0.29) is 17.5 Å². The summed E-state index contributed by atoms with van der Waals surface area (Å²) in [6.45, 7) is 0. The highest BCUT2D eigenvalue weighted by atomic mass is 32.2. The molecule has 2 N–H and O–H groups in total. The second-order valence-electron chi connectivity index (χ2n) is 4.93. The number of methoxy groups -OCH3 is 1. The van der Waals surface area contributed by atoms with Crippen LogP contribution in [0.15, 0.2) is 18.2 Å². The highest BCUT2D eigenvalue weighted by molar-refractivity contribution is 7.91. The third-order valence-electron chi connectivity index (χ3n) is 3.58. The Bertz CT molecular complexity index is 627. The maximum atomic E-state index is 11.5. The van der Waals surface area contributed by atoms with Crippen molar-refractivity contribution in [3.63, 3.8) is 0 Å². The lowest BCUT2D eigenvalue weighted by Gasteiger charge is -2.27. The smallest absolute Gasteiger partial charge is 0.337 e. The van der Waals surface area contributed by atoms with Gasteiger partial charge in [-0.3, -0.25) is 0 Å². The molecule has 1 atom stereocenters. The van der Waals surface area contributed by atoms with Gasteiger partial charge in [-0.1, -0.05) is 0 Å². The second kappa shape index (κ2) is 5.32. The van der Waals surface area contributed by atoms with Gasteiger partial charge in [0.15, 0.2) is 9.84 Å². The van der Waals surface area contributed by atoms with Crippen LogP contribution in [0.2, 0.25) is 0 Å². The van der Waals surface area contributed by atoms with E-state index in [0.29, 0.717) is 17.7 Å². The molecule has 1 aliphatic rings. The molecule has 0 radical (unpaired) electrons. The number of carbonyl (C=O) groups is 1. The molecule has 6 nitrogen and oxygen atoms in total. The predicted octanol–water partition coefficient (Wildman–Crippen LogP) is 0.679. The Hall–Kier alpha value is -1.76. The van der Waals surface area contributed by atoms with Crippen LogP contribution in [-0.2, 0) is 14.6 Å². The Morgan fingerprint density at radius 3 is 2.65 bits per heavy atom. The Kier molecular flexibility index (Phi) is 3.89. The van der Waals surface area contributed by atoms with Crippen molar-refractivity contribution in [3.8, 4) is 0 Å². The molecular formula is C13H18N2O4S. The number of anilines is 2. The first-order valence-electron chi connectivity index (χ1n) is 6.25. The number of benzene rings is 1. The molecule has 0 aliphatic carbocycles. The van der Waals surface area contributed by atoms with Gasteiger partial charge >= 0.3 is 5.97 Å². The minimum absolute atomic E-state index is 0.0775. The first-order valence-corrected chi connectivity index (χ1v) is 8.07. The summed E-state index contributed by atoms with van der Waals surface area (Å²) < 4.78 is 27.7. The standard InChI is InChI=1S/C13H18N2O4S/c1-15(10-5-6-20(17,18)8-10)12-4-3-9(7-11(12)14)13(16)19-2/h3-4,7,10H,5-6,8,14H2,1-2H3. The molecule has 1 unspecified atom stereocenters. The molecule has 1 saturated heterocycles. The zero-order valence-corrected chi connectivity index (χ0v) is 12.3. The Balaban J connectivity index is 2.23. The fourth-order valence-corrected chi connectivity index (χ4v) is 4.17. The van der Waals surface area contributed by atoms with Crippen LogP contribution in [0.5, 0.6) is 0 Å². The van der Waals surface area contributed by atoms with Crippen molar-refractivity contribution in [3.05, 3.63) is 23.8 Å². The van der Waals surface area contributed by atoms with E-state index >= 15 is 0 Å². The number of hydrogen-bond donors (Lipinski definition) is 1. The van der Waals surface area contributed by atoms with Crippen LogP contribution in [0.25, 0.3) is 0 Å². The van der Waals surface area contributed by atoms with E-state index in [1.165, 1.54) is 7.11 Å².